The lowest BCUT2D eigenvalue weighted by Gasteiger charge is -2.26. The Hall–Kier alpha value is -1.00. The molecular formula is C15H23NO2S. The van der Waals surface area contributed by atoms with Gasteiger partial charge in [-0.05, 0) is 31.9 Å². The third kappa shape index (κ3) is 5.25. The molecule has 3 nitrogen and oxygen atoms in total. The lowest BCUT2D eigenvalue weighted by atomic mass is 9.97. The highest BCUT2D eigenvalue weighted by Gasteiger charge is 2.24. The zero-order valence-electron chi connectivity index (χ0n) is 11.8. The second-order valence-electron chi connectivity index (χ2n) is 4.72. The van der Waals surface area contributed by atoms with Crippen LogP contribution < -0.4 is 5.32 Å². The van der Waals surface area contributed by atoms with Gasteiger partial charge in [0.05, 0.1) is 10.9 Å². The lowest BCUT2D eigenvalue weighted by Crippen LogP contribution is -2.44. The van der Waals surface area contributed by atoms with Crippen molar-refractivity contribution in [2.24, 2.45) is 0 Å². The van der Waals surface area contributed by atoms with Gasteiger partial charge < -0.3 is 10.4 Å². The fourth-order valence-corrected chi connectivity index (χ4v) is 2.56. The van der Waals surface area contributed by atoms with Gasteiger partial charge in [-0.25, -0.2) is 0 Å². The number of carbonyl (C=O) groups is 1. The second-order valence-corrected chi connectivity index (χ2v) is 6.14. The largest absolute Gasteiger partial charge is 0.388 e. The predicted octanol–water partition coefficient (Wildman–Crippen LogP) is 2.83. The maximum atomic E-state index is 12.0. The summed E-state index contributed by atoms with van der Waals surface area (Å²) in [4.78, 5) is 13.1. The normalized spacial score (nSPS) is 13.1. The van der Waals surface area contributed by atoms with Gasteiger partial charge in [-0.1, -0.05) is 32.0 Å². The summed E-state index contributed by atoms with van der Waals surface area (Å²) in [5.74, 6) is -0.0332. The van der Waals surface area contributed by atoms with E-state index in [0.29, 0.717) is 19.4 Å². The Morgan fingerprint density at radius 2 is 1.89 bits per heavy atom. The third-order valence-electron chi connectivity index (χ3n) is 3.33. The molecule has 0 aliphatic carbocycles. The highest BCUT2D eigenvalue weighted by molar-refractivity contribution is 8.00. The molecule has 106 valence electrons. The summed E-state index contributed by atoms with van der Waals surface area (Å²) in [5, 5.41) is 12.8. The van der Waals surface area contributed by atoms with Gasteiger partial charge >= 0.3 is 0 Å². The summed E-state index contributed by atoms with van der Waals surface area (Å²) in [6.07, 6.45) is 1.29. The Morgan fingerprint density at radius 1 is 1.32 bits per heavy atom. The molecule has 1 atom stereocenters. The van der Waals surface area contributed by atoms with E-state index in [1.54, 1.807) is 0 Å². The first-order valence-corrected chi connectivity index (χ1v) is 7.60. The van der Waals surface area contributed by atoms with E-state index in [2.05, 4.69) is 5.32 Å². The van der Waals surface area contributed by atoms with E-state index in [4.69, 9.17) is 0 Å². The van der Waals surface area contributed by atoms with Crippen molar-refractivity contribution in [1.29, 1.82) is 0 Å². The van der Waals surface area contributed by atoms with Gasteiger partial charge in [-0.2, -0.15) is 0 Å². The molecule has 0 bridgehead atoms. The number of amides is 1. The second kappa shape index (κ2) is 7.56. The maximum absolute atomic E-state index is 12.0. The average molecular weight is 281 g/mol. The topological polar surface area (TPSA) is 49.3 Å². The van der Waals surface area contributed by atoms with Crippen LogP contribution in [-0.2, 0) is 4.79 Å². The van der Waals surface area contributed by atoms with Crippen LogP contribution in [0.5, 0.6) is 0 Å². The van der Waals surface area contributed by atoms with Gasteiger partial charge in [0.2, 0.25) is 5.91 Å². The molecule has 1 aromatic rings. The molecule has 1 amide bonds. The van der Waals surface area contributed by atoms with Crippen LogP contribution in [0.4, 0.5) is 0 Å². The van der Waals surface area contributed by atoms with Crippen molar-refractivity contribution >= 4 is 17.7 Å². The minimum Gasteiger partial charge on any atom is -0.388 e. The van der Waals surface area contributed by atoms with Crippen molar-refractivity contribution < 1.29 is 9.90 Å². The molecule has 0 radical (unpaired) electrons. The number of aliphatic hydroxyl groups is 1. The van der Waals surface area contributed by atoms with Gasteiger partial charge in [0, 0.05) is 11.4 Å². The number of rotatable bonds is 7. The van der Waals surface area contributed by atoms with Crippen LogP contribution in [0.2, 0.25) is 0 Å². The number of carbonyl (C=O) groups excluding carboxylic acids is 1. The van der Waals surface area contributed by atoms with Crippen LogP contribution in [0.25, 0.3) is 0 Å². The first-order chi connectivity index (χ1) is 9.00. The zero-order valence-corrected chi connectivity index (χ0v) is 12.7. The summed E-state index contributed by atoms with van der Waals surface area (Å²) >= 11 is 1.52. The minimum absolute atomic E-state index is 0.0332. The molecule has 4 heteroatoms. The van der Waals surface area contributed by atoms with Crippen molar-refractivity contribution in [2.45, 2.75) is 49.4 Å². The van der Waals surface area contributed by atoms with E-state index in [1.165, 1.54) is 11.8 Å². The Morgan fingerprint density at radius 3 is 2.42 bits per heavy atom. The number of nitrogens with one attached hydrogen (secondary N) is 1. The molecule has 1 rings (SSSR count). The summed E-state index contributed by atoms with van der Waals surface area (Å²) in [5.41, 5.74) is -0.785. The highest BCUT2D eigenvalue weighted by atomic mass is 32.2. The minimum atomic E-state index is -0.785. The smallest absolute Gasteiger partial charge is 0.233 e. The molecular weight excluding hydrogens is 258 g/mol. The maximum Gasteiger partial charge on any atom is 0.233 e. The average Bonchev–Trinajstić information content (AvgIpc) is 2.45. The highest BCUT2D eigenvalue weighted by Crippen LogP contribution is 2.23. The molecule has 0 saturated heterocycles. The van der Waals surface area contributed by atoms with Crippen LogP contribution in [0.3, 0.4) is 0 Å². The molecule has 1 aromatic carbocycles. The van der Waals surface area contributed by atoms with Crippen molar-refractivity contribution in [3.8, 4) is 0 Å². The molecule has 0 fully saturated rings. The Bertz CT molecular complexity index is 390. The van der Waals surface area contributed by atoms with Gasteiger partial charge in [0.15, 0.2) is 0 Å². The van der Waals surface area contributed by atoms with Crippen LogP contribution in [0, 0.1) is 0 Å². The quantitative estimate of drug-likeness (QED) is 0.756. The van der Waals surface area contributed by atoms with E-state index < -0.39 is 5.60 Å². The SMILES string of the molecule is CCC(O)(CC)CNC(=O)C(C)Sc1ccccc1. The standard InChI is InChI=1S/C15H23NO2S/c1-4-15(18,5-2)11-16-14(17)12(3)19-13-9-7-6-8-10-13/h6-10,12,18H,4-5,11H2,1-3H3,(H,16,17). The number of thioether (sulfide) groups is 1. The van der Waals surface area contributed by atoms with Gasteiger partial charge in [0.25, 0.3) is 0 Å². The summed E-state index contributed by atoms with van der Waals surface area (Å²) in [6, 6.07) is 9.85. The molecule has 0 aliphatic heterocycles. The Labute approximate surface area is 119 Å². The molecule has 0 saturated carbocycles. The van der Waals surface area contributed by atoms with Crippen LogP contribution >= 0.6 is 11.8 Å². The van der Waals surface area contributed by atoms with E-state index >= 15 is 0 Å². The monoisotopic (exact) mass is 281 g/mol. The van der Waals surface area contributed by atoms with Crippen molar-refractivity contribution in [3.63, 3.8) is 0 Å². The third-order valence-corrected chi connectivity index (χ3v) is 4.45. The number of hydrogen-bond acceptors (Lipinski definition) is 3. The first kappa shape index (κ1) is 16.1. The summed E-state index contributed by atoms with van der Waals surface area (Å²) in [7, 11) is 0. The molecule has 0 aromatic heterocycles. The first-order valence-electron chi connectivity index (χ1n) is 6.72. The number of benzene rings is 1. The fraction of sp³-hybridized carbons (Fsp3) is 0.533. The number of hydrogen-bond donors (Lipinski definition) is 2. The van der Waals surface area contributed by atoms with Gasteiger partial charge in [0.1, 0.15) is 0 Å². The molecule has 2 N–H and O–H groups in total. The predicted molar refractivity (Wildman–Crippen MR) is 80.3 cm³/mol. The lowest BCUT2D eigenvalue weighted by molar-refractivity contribution is -0.121. The Balaban J connectivity index is 2.45. The van der Waals surface area contributed by atoms with E-state index in [1.807, 2.05) is 51.1 Å². The van der Waals surface area contributed by atoms with Gasteiger partial charge in [-0.3, -0.25) is 4.79 Å². The van der Waals surface area contributed by atoms with Crippen molar-refractivity contribution in [2.75, 3.05) is 6.54 Å². The summed E-state index contributed by atoms with van der Waals surface area (Å²) in [6.45, 7) is 6.05. The van der Waals surface area contributed by atoms with Crippen LogP contribution in [0.1, 0.15) is 33.6 Å². The molecule has 1 unspecified atom stereocenters. The van der Waals surface area contributed by atoms with Crippen molar-refractivity contribution in [1.82, 2.24) is 5.32 Å². The molecule has 0 spiro atoms. The fourth-order valence-electron chi connectivity index (χ4n) is 1.65. The van der Waals surface area contributed by atoms with Crippen LogP contribution in [-0.4, -0.2) is 28.4 Å². The van der Waals surface area contributed by atoms with E-state index in [9.17, 15) is 9.90 Å². The molecule has 0 heterocycles. The molecule has 0 aliphatic rings. The Kier molecular flexibility index (Phi) is 6.38. The molecule has 19 heavy (non-hydrogen) atoms. The van der Waals surface area contributed by atoms with Crippen molar-refractivity contribution in [3.05, 3.63) is 30.3 Å². The van der Waals surface area contributed by atoms with Crippen LogP contribution in [0.15, 0.2) is 35.2 Å². The van der Waals surface area contributed by atoms with E-state index in [0.717, 1.165) is 4.90 Å². The zero-order chi connectivity index (χ0) is 14.3. The van der Waals surface area contributed by atoms with E-state index in [-0.39, 0.29) is 11.2 Å². The summed E-state index contributed by atoms with van der Waals surface area (Å²) < 4.78 is 0. The van der Waals surface area contributed by atoms with Gasteiger partial charge in [-0.15, -0.1) is 11.8 Å².